The van der Waals surface area contributed by atoms with E-state index in [4.69, 9.17) is 0 Å². The minimum absolute atomic E-state index is 0.851. The molecule has 0 aliphatic carbocycles. The Morgan fingerprint density at radius 2 is 1.94 bits per heavy atom. The number of nitrogens with one attached hydrogen (secondary N) is 1. The molecule has 0 radical (unpaired) electrons. The summed E-state index contributed by atoms with van der Waals surface area (Å²) in [6, 6.07) is 2.07. The maximum absolute atomic E-state index is 4.63. The Bertz CT molecular complexity index is 483. The molecule has 3 nitrogen and oxygen atoms in total. The van der Waals surface area contributed by atoms with Gasteiger partial charge in [-0.3, -0.25) is 0 Å². The van der Waals surface area contributed by atoms with E-state index < -0.39 is 0 Å². The lowest BCUT2D eigenvalue weighted by atomic mass is 10.1. The predicted molar refractivity (Wildman–Crippen MR) is 77.1 cm³/mol. The Kier molecular flexibility index (Phi) is 4.44. The van der Waals surface area contributed by atoms with Gasteiger partial charge in [-0.05, 0) is 57.3 Å². The summed E-state index contributed by atoms with van der Waals surface area (Å²) >= 11 is 1.68. The lowest BCUT2D eigenvalue weighted by molar-refractivity contribution is 0.715. The molecular weight excluding hydrogens is 242 g/mol. The maximum atomic E-state index is 4.63. The summed E-state index contributed by atoms with van der Waals surface area (Å²) in [7, 11) is 1.98. The van der Waals surface area contributed by atoms with Crippen LogP contribution in [-0.4, -0.2) is 23.6 Å². The minimum atomic E-state index is 0.851. The number of aromatic nitrogens is 2. The van der Waals surface area contributed by atoms with E-state index in [0.717, 1.165) is 42.2 Å². The zero-order valence-electron chi connectivity index (χ0n) is 11.2. The minimum Gasteiger partial charge on any atom is -0.320 e. The Hall–Kier alpha value is -1.26. The largest absolute Gasteiger partial charge is 0.320 e. The number of hydrogen-bond acceptors (Lipinski definition) is 4. The zero-order chi connectivity index (χ0) is 13.0. The Labute approximate surface area is 112 Å². The van der Waals surface area contributed by atoms with Gasteiger partial charge in [0.1, 0.15) is 0 Å². The molecule has 0 unspecified atom stereocenters. The first kappa shape index (κ1) is 13.2. The van der Waals surface area contributed by atoms with Crippen LogP contribution < -0.4 is 5.32 Å². The van der Waals surface area contributed by atoms with E-state index in [1.807, 2.05) is 7.05 Å². The van der Waals surface area contributed by atoms with Crippen molar-refractivity contribution in [2.45, 2.75) is 26.7 Å². The Morgan fingerprint density at radius 1 is 1.22 bits per heavy atom. The quantitative estimate of drug-likeness (QED) is 0.841. The van der Waals surface area contributed by atoms with Crippen LogP contribution in [0, 0.1) is 13.8 Å². The smallest absolute Gasteiger partial charge is 0.160 e. The van der Waals surface area contributed by atoms with E-state index in [0.29, 0.717) is 0 Å². The highest BCUT2D eigenvalue weighted by Gasteiger charge is 2.09. The predicted octanol–water partition coefficient (Wildman–Crippen LogP) is 2.97. The Balaban J connectivity index is 2.24. The van der Waals surface area contributed by atoms with Crippen molar-refractivity contribution >= 4 is 11.3 Å². The van der Waals surface area contributed by atoms with Crippen molar-refractivity contribution in [3.05, 3.63) is 33.8 Å². The van der Waals surface area contributed by atoms with E-state index in [1.165, 1.54) is 5.56 Å². The van der Waals surface area contributed by atoms with Crippen LogP contribution in [-0.2, 0) is 6.42 Å². The van der Waals surface area contributed by atoms with Crippen LogP contribution in [0.4, 0.5) is 0 Å². The van der Waals surface area contributed by atoms with Gasteiger partial charge in [-0.15, -0.1) is 0 Å². The average molecular weight is 261 g/mol. The van der Waals surface area contributed by atoms with Gasteiger partial charge in [-0.1, -0.05) is 0 Å². The standard InChI is InChI=1S/C14H19N3S/c1-10-13(5-4-7-15-3)11(2)17-14(16-10)12-6-8-18-9-12/h6,8-9,15H,4-5,7H2,1-3H3. The molecule has 0 saturated heterocycles. The van der Waals surface area contributed by atoms with E-state index in [9.17, 15) is 0 Å². The summed E-state index contributed by atoms with van der Waals surface area (Å²) in [5.41, 5.74) is 4.64. The van der Waals surface area contributed by atoms with Crippen LogP contribution in [0.25, 0.3) is 11.4 Å². The van der Waals surface area contributed by atoms with E-state index >= 15 is 0 Å². The second-order valence-corrected chi connectivity index (χ2v) is 5.20. The van der Waals surface area contributed by atoms with Crippen molar-refractivity contribution in [2.75, 3.05) is 13.6 Å². The third-order valence-corrected chi connectivity index (χ3v) is 3.74. The molecule has 0 fully saturated rings. The van der Waals surface area contributed by atoms with Crippen molar-refractivity contribution in [3.63, 3.8) is 0 Å². The van der Waals surface area contributed by atoms with Gasteiger partial charge in [0, 0.05) is 22.3 Å². The van der Waals surface area contributed by atoms with Gasteiger partial charge in [0.05, 0.1) is 0 Å². The monoisotopic (exact) mass is 261 g/mol. The fourth-order valence-electron chi connectivity index (χ4n) is 2.06. The Morgan fingerprint density at radius 3 is 2.50 bits per heavy atom. The molecule has 0 saturated carbocycles. The molecule has 18 heavy (non-hydrogen) atoms. The molecular formula is C14H19N3S. The van der Waals surface area contributed by atoms with E-state index in [2.05, 4.69) is 46.0 Å². The van der Waals surface area contributed by atoms with Crippen molar-refractivity contribution in [2.24, 2.45) is 0 Å². The fourth-order valence-corrected chi connectivity index (χ4v) is 2.70. The molecule has 96 valence electrons. The summed E-state index contributed by atoms with van der Waals surface area (Å²) in [6.07, 6.45) is 2.17. The summed E-state index contributed by atoms with van der Waals surface area (Å²) in [5.74, 6) is 0.851. The molecule has 2 rings (SSSR count). The van der Waals surface area contributed by atoms with Crippen LogP contribution in [0.3, 0.4) is 0 Å². The highest BCUT2D eigenvalue weighted by Crippen LogP contribution is 2.21. The van der Waals surface area contributed by atoms with Crippen LogP contribution in [0.5, 0.6) is 0 Å². The summed E-state index contributed by atoms with van der Waals surface area (Å²) in [4.78, 5) is 9.26. The second-order valence-electron chi connectivity index (χ2n) is 4.42. The van der Waals surface area contributed by atoms with E-state index in [1.54, 1.807) is 11.3 Å². The molecule has 0 aromatic carbocycles. The number of thiophene rings is 1. The summed E-state index contributed by atoms with van der Waals surface area (Å²) in [6.45, 7) is 5.20. The topological polar surface area (TPSA) is 37.8 Å². The summed E-state index contributed by atoms with van der Waals surface area (Å²) in [5, 5.41) is 7.32. The number of aryl methyl sites for hydroxylation is 2. The molecule has 4 heteroatoms. The van der Waals surface area contributed by atoms with Crippen molar-refractivity contribution in [1.29, 1.82) is 0 Å². The van der Waals surface area contributed by atoms with Gasteiger partial charge >= 0.3 is 0 Å². The van der Waals surface area contributed by atoms with Gasteiger partial charge in [0.25, 0.3) is 0 Å². The van der Waals surface area contributed by atoms with Crippen molar-refractivity contribution < 1.29 is 0 Å². The van der Waals surface area contributed by atoms with Gasteiger partial charge in [0.15, 0.2) is 5.82 Å². The fraction of sp³-hybridized carbons (Fsp3) is 0.429. The molecule has 2 aromatic rings. The SMILES string of the molecule is CNCCCc1c(C)nc(-c2ccsc2)nc1C. The first-order chi connectivity index (χ1) is 8.72. The lowest BCUT2D eigenvalue weighted by Gasteiger charge is -2.10. The molecule has 1 N–H and O–H groups in total. The maximum Gasteiger partial charge on any atom is 0.160 e. The van der Waals surface area contributed by atoms with Gasteiger partial charge in [-0.25, -0.2) is 9.97 Å². The van der Waals surface area contributed by atoms with Crippen LogP contribution in [0.1, 0.15) is 23.4 Å². The van der Waals surface area contributed by atoms with Gasteiger partial charge in [0.2, 0.25) is 0 Å². The molecule has 2 aromatic heterocycles. The highest BCUT2D eigenvalue weighted by molar-refractivity contribution is 7.08. The van der Waals surface area contributed by atoms with Crippen LogP contribution in [0.15, 0.2) is 16.8 Å². The van der Waals surface area contributed by atoms with E-state index in [-0.39, 0.29) is 0 Å². The molecule has 0 spiro atoms. The lowest BCUT2D eigenvalue weighted by Crippen LogP contribution is -2.10. The van der Waals surface area contributed by atoms with Crippen molar-refractivity contribution in [3.8, 4) is 11.4 Å². The van der Waals surface area contributed by atoms with Crippen LogP contribution >= 0.6 is 11.3 Å². The van der Waals surface area contributed by atoms with Gasteiger partial charge in [-0.2, -0.15) is 11.3 Å². The van der Waals surface area contributed by atoms with Crippen LogP contribution in [0.2, 0.25) is 0 Å². The molecule has 0 aliphatic heterocycles. The number of nitrogens with zero attached hydrogens (tertiary/aromatic N) is 2. The average Bonchev–Trinajstić information content (AvgIpc) is 2.86. The second kappa shape index (κ2) is 6.07. The zero-order valence-corrected chi connectivity index (χ0v) is 12.0. The summed E-state index contributed by atoms with van der Waals surface area (Å²) < 4.78 is 0. The molecule has 2 heterocycles. The molecule has 0 amide bonds. The third-order valence-electron chi connectivity index (χ3n) is 3.05. The van der Waals surface area contributed by atoms with Crippen molar-refractivity contribution in [1.82, 2.24) is 15.3 Å². The number of hydrogen-bond donors (Lipinski definition) is 1. The number of rotatable bonds is 5. The first-order valence-corrected chi connectivity index (χ1v) is 7.18. The molecule has 0 atom stereocenters. The normalized spacial score (nSPS) is 10.8. The molecule has 0 bridgehead atoms. The highest BCUT2D eigenvalue weighted by atomic mass is 32.1. The van der Waals surface area contributed by atoms with Gasteiger partial charge < -0.3 is 5.32 Å². The molecule has 0 aliphatic rings. The third kappa shape index (κ3) is 2.94. The first-order valence-electron chi connectivity index (χ1n) is 6.23.